The summed E-state index contributed by atoms with van der Waals surface area (Å²) < 4.78 is 12.9. The lowest BCUT2D eigenvalue weighted by molar-refractivity contribution is 0.611. The molecule has 0 atom stereocenters. The molecule has 100 valence electrons. The highest BCUT2D eigenvalue weighted by Crippen LogP contribution is 2.39. The molecule has 0 bridgehead atoms. The van der Waals surface area contributed by atoms with E-state index in [0.29, 0.717) is 5.82 Å². The van der Waals surface area contributed by atoms with Crippen molar-refractivity contribution >= 4 is 27.8 Å². The van der Waals surface area contributed by atoms with Crippen molar-refractivity contribution in [2.45, 2.75) is 6.92 Å². The van der Waals surface area contributed by atoms with Gasteiger partial charge in [0.15, 0.2) is 0 Å². The summed E-state index contributed by atoms with van der Waals surface area (Å²) in [4.78, 5) is 0. The van der Waals surface area contributed by atoms with E-state index in [2.05, 4.69) is 5.10 Å². The molecule has 0 unspecified atom stereocenters. The van der Waals surface area contributed by atoms with Crippen LogP contribution < -0.4 is 5.73 Å². The Labute approximate surface area is 114 Å². The zero-order valence-corrected chi connectivity index (χ0v) is 11.2. The van der Waals surface area contributed by atoms with Crippen LogP contribution >= 0.6 is 0 Å². The van der Waals surface area contributed by atoms with E-state index in [0.717, 1.165) is 38.8 Å². The van der Waals surface area contributed by atoms with Crippen LogP contribution in [0.1, 0.15) is 5.56 Å². The average Bonchev–Trinajstić information content (AvgIpc) is 3.11. The minimum Gasteiger partial charge on any atom is -0.464 e. The van der Waals surface area contributed by atoms with E-state index in [-0.39, 0.29) is 0 Å². The summed E-state index contributed by atoms with van der Waals surface area (Å²) in [7, 11) is 1.82. The molecule has 0 saturated heterocycles. The van der Waals surface area contributed by atoms with Crippen LogP contribution in [0, 0.1) is 6.92 Å². The summed E-state index contributed by atoms with van der Waals surface area (Å²) in [6.07, 6.45) is 3.37. The molecule has 0 aliphatic rings. The monoisotopic (exact) mass is 267 g/mol. The number of nitrogens with zero attached hydrogens (tertiary/aromatic N) is 2. The Morgan fingerprint density at radius 2 is 1.80 bits per heavy atom. The Balaban J connectivity index is 2.22. The summed E-state index contributed by atoms with van der Waals surface area (Å²) >= 11 is 0. The molecule has 5 heteroatoms. The Bertz CT molecular complexity index is 872. The number of nitrogens with two attached hydrogens (primary N) is 1. The third kappa shape index (κ3) is 1.29. The van der Waals surface area contributed by atoms with Gasteiger partial charge in [-0.25, -0.2) is 0 Å². The van der Waals surface area contributed by atoms with Crippen LogP contribution in [-0.4, -0.2) is 9.78 Å². The average molecular weight is 267 g/mol. The van der Waals surface area contributed by atoms with Gasteiger partial charge in [0.1, 0.15) is 17.0 Å². The van der Waals surface area contributed by atoms with Crippen LogP contribution in [0.3, 0.4) is 0 Å². The number of furan rings is 2. The van der Waals surface area contributed by atoms with Crippen molar-refractivity contribution in [2.24, 2.45) is 7.05 Å². The standard InChI is InChI=1S/C15H13N3O2/c1-8-9-3-5-20-15(9)13(10-4-6-19-14(8)10)11-7-12(16)18(2)17-11/h3-7H,16H2,1-2H3. The van der Waals surface area contributed by atoms with Gasteiger partial charge < -0.3 is 14.6 Å². The van der Waals surface area contributed by atoms with Gasteiger partial charge in [-0.2, -0.15) is 5.10 Å². The Morgan fingerprint density at radius 1 is 1.10 bits per heavy atom. The number of benzene rings is 1. The lowest BCUT2D eigenvalue weighted by Gasteiger charge is -2.04. The molecule has 1 aromatic carbocycles. The van der Waals surface area contributed by atoms with Crippen molar-refractivity contribution in [1.82, 2.24) is 9.78 Å². The second-order valence-electron chi connectivity index (χ2n) is 4.90. The van der Waals surface area contributed by atoms with Crippen molar-refractivity contribution in [3.8, 4) is 11.3 Å². The predicted molar refractivity (Wildman–Crippen MR) is 77.3 cm³/mol. The zero-order chi connectivity index (χ0) is 13.9. The first-order valence-electron chi connectivity index (χ1n) is 6.33. The quantitative estimate of drug-likeness (QED) is 0.573. The van der Waals surface area contributed by atoms with Gasteiger partial charge in [0.25, 0.3) is 0 Å². The normalized spacial score (nSPS) is 11.7. The molecule has 0 aliphatic heterocycles. The highest BCUT2D eigenvalue weighted by atomic mass is 16.3. The van der Waals surface area contributed by atoms with Crippen LogP contribution in [0.4, 0.5) is 5.82 Å². The van der Waals surface area contributed by atoms with Crippen molar-refractivity contribution in [3.05, 3.63) is 36.3 Å². The van der Waals surface area contributed by atoms with E-state index in [1.54, 1.807) is 17.2 Å². The topological polar surface area (TPSA) is 70.1 Å². The third-order valence-electron chi connectivity index (χ3n) is 3.74. The molecule has 0 spiro atoms. The first-order chi connectivity index (χ1) is 9.66. The molecule has 2 N–H and O–H groups in total. The highest BCUT2D eigenvalue weighted by Gasteiger charge is 2.19. The minimum absolute atomic E-state index is 0.608. The Kier molecular flexibility index (Phi) is 2.04. The largest absolute Gasteiger partial charge is 0.464 e. The lowest BCUT2D eigenvalue weighted by atomic mass is 10.0. The van der Waals surface area contributed by atoms with Gasteiger partial charge in [-0.05, 0) is 19.1 Å². The summed E-state index contributed by atoms with van der Waals surface area (Å²) in [6.45, 7) is 2.03. The van der Waals surface area contributed by atoms with Crippen LogP contribution in [0.2, 0.25) is 0 Å². The molecular weight excluding hydrogens is 254 g/mol. The molecule has 3 heterocycles. The number of nitrogen functional groups attached to an aromatic ring is 1. The molecule has 0 aliphatic carbocycles. The van der Waals surface area contributed by atoms with Crippen molar-refractivity contribution < 1.29 is 8.83 Å². The summed E-state index contributed by atoms with van der Waals surface area (Å²) in [6, 6.07) is 5.73. The van der Waals surface area contributed by atoms with Gasteiger partial charge >= 0.3 is 0 Å². The molecule has 0 amide bonds. The highest BCUT2D eigenvalue weighted by molar-refractivity contribution is 6.10. The minimum atomic E-state index is 0.608. The molecule has 0 saturated carbocycles. The van der Waals surface area contributed by atoms with E-state index < -0.39 is 0 Å². The maximum absolute atomic E-state index is 5.89. The fourth-order valence-corrected chi connectivity index (χ4v) is 2.70. The lowest BCUT2D eigenvalue weighted by Crippen LogP contribution is -1.96. The molecule has 0 radical (unpaired) electrons. The Hall–Kier alpha value is -2.69. The number of aromatic nitrogens is 2. The van der Waals surface area contributed by atoms with E-state index in [1.165, 1.54) is 0 Å². The van der Waals surface area contributed by atoms with E-state index in [9.17, 15) is 0 Å². The van der Waals surface area contributed by atoms with E-state index in [1.807, 2.05) is 32.2 Å². The number of hydrogen-bond acceptors (Lipinski definition) is 4. The first-order valence-corrected chi connectivity index (χ1v) is 6.33. The molecule has 20 heavy (non-hydrogen) atoms. The molecule has 4 aromatic rings. The van der Waals surface area contributed by atoms with Crippen molar-refractivity contribution in [3.63, 3.8) is 0 Å². The van der Waals surface area contributed by atoms with Gasteiger partial charge in [-0.3, -0.25) is 4.68 Å². The number of anilines is 1. The Morgan fingerprint density at radius 3 is 2.50 bits per heavy atom. The van der Waals surface area contributed by atoms with Gasteiger partial charge in [0.05, 0.1) is 23.8 Å². The SMILES string of the molecule is Cc1c2ccoc2c(-c2cc(N)n(C)n2)c2ccoc12. The second kappa shape index (κ2) is 3.66. The predicted octanol–water partition coefficient (Wildman–Crippen LogP) is 3.47. The molecule has 3 aromatic heterocycles. The number of fused-ring (bicyclic) bond motifs is 2. The van der Waals surface area contributed by atoms with Crippen LogP contribution in [0.15, 0.2) is 39.6 Å². The maximum atomic E-state index is 5.89. The van der Waals surface area contributed by atoms with Crippen LogP contribution in [-0.2, 0) is 7.05 Å². The summed E-state index contributed by atoms with van der Waals surface area (Å²) in [5, 5.41) is 6.48. The molecule has 5 nitrogen and oxygen atoms in total. The first kappa shape index (κ1) is 11.2. The number of hydrogen-bond donors (Lipinski definition) is 1. The number of rotatable bonds is 1. The van der Waals surface area contributed by atoms with E-state index >= 15 is 0 Å². The van der Waals surface area contributed by atoms with Gasteiger partial charge in [-0.15, -0.1) is 0 Å². The maximum Gasteiger partial charge on any atom is 0.144 e. The fourth-order valence-electron chi connectivity index (χ4n) is 2.70. The van der Waals surface area contributed by atoms with Gasteiger partial charge in [0, 0.05) is 29.4 Å². The van der Waals surface area contributed by atoms with Crippen LogP contribution in [0.25, 0.3) is 33.2 Å². The smallest absolute Gasteiger partial charge is 0.144 e. The zero-order valence-electron chi connectivity index (χ0n) is 11.2. The summed E-state index contributed by atoms with van der Waals surface area (Å²) in [5.74, 6) is 0.608. The van der Waals surface area contributed by atoms with Gasteiger partial charge in [-0.1, -0.05) is 0 Å². The summed E-state index contributed by atoms with van der Waals surface area (Å²) in [5.41, 5.74) is 10.3. The van der Waals surface area contributed by atoms with Crippen molar-refractivity contribution in [2.75, 3.05) is 5.73 Å². The van der Waals surface area contributed by atoms with Crippen LogP contribution in [0.5, 0.6) is 0 Å². The van der Waals surface area contributed by atoms with Crippen molar-refractivity contribution in [1.29, 1.82) is 0 Å². The third-order valence-corrected chi connectivity index (χ3v) is 3.74. The second-order valence-corrected chi connectivity index (χ2v) is 4.90. The number of aryl methyl sites for hydroxylation is 2. The van der Waals surface area contributed by atoms with Gasteiger partial charge in [0.2, 0.25) is 0 Å². The molecule has 0 fully saturated rings. The molecule has 4 rings (SSSR count). The molecular formula is C15H13N3O2. The fraction of sp³-hybridized carbons (Fsp3) is 0.133. The van der Waals surface area contributed by atoms with E-state index in [4.69, 9.17) is 14.6 Å².